The minimum absolute atomic E-state index is 0.00399. The Kier molecular flexibility index (Phi) is 17.4. The molecule has 4 rings (SSSR count). The molecule has 0 amide bonds. The maximum atomic E-state index is 14.5. The van der Waals surface area contributed by atoms with E-state index in [1.54, 1.807) is 41.5 Å². The molecule has 3 aromatic rings. The average molecular weight is 843 g/mol. The lowest BCUT2D eigenvalue weighted by Crippen LogP contribution is -2.59. The lowest BCUT2D eigenvalue weighted by Gasteiger charge is -2.45. The smallest absolute Gasteiger partial charge is 0.311 e. The molecule has 1 aromatic heterocycles. The van der Waals surface area contributed by atoms with E-state index in [9.17, 15) is 43.8 Å². The van der Waals surface area contributed by atoms with Crippen LogP contribution in [0.25, 0.3) is 21.9 Å². The molecule has 0 bridgehead atoms. The summed E-state index contributed by atoms with van der Waals surface area (Å²) in [6.45, 7) is 9.57. The van der Waals surface area contributed by atoms with Crippen LogP contribution in [0.3, 0.4) is 0 Å². The van der Waals surface area contributed by atoms with Crippen molar-refractivity contribution in [2.24, 2.45) is 0 Å². The number of aliphatic hydroxyl groups excluding tert-OH is 1. The van der Waals surface area contributed by atoms with Crippen LogP contribution in [0.2, 0.25) is 0 Å². The molecule has 1 saturated heterocycles. The van der Waals surface area contributed by atoms with Gasteiger partial charge < -0.3 is 47.8 Å². The largest absolute Gasteiger partial charge is 0.506 e. The van der Waals surface area contributed by atoms with Gasteiger partial charge >= 0.3 is 35.8 Å². The molecule has 17 nitrogen and oxygen atoms in total. The molecule has 0 radical (unpaired) electrons. The number of carbonyl (C=O) groups excluding carboxylic acids is 6. The Balaban J connectivity index is 2.08. The molecule has 1 aliphatic heterocycles. The summed E-state index contributed by atoms with van der Waals surface area (Å²) in [5.41, 5.74) is -1.80. The van der Waals surface area contributed by atoms with Crippen molar-refractivity contribution in [2.45, 2.75) is 149 Å². The predicted octanol–water partition coefficient (Wildman–Crippen LogP) is 6.34. The lowest BCUT2D eigenvalue weighted by atomic mass is 9.88. The van der Waals surface area contributed by atoms with Crippen LogP contribution in [-0.4, -0.2) is 77.1 Å². The van der Waals surface area contributed by atoms with E-state index in [2.05, 4.69) is 0 Å². The molecule has 1 fully saturated rings. The number of esters is 6. The van der Waals surface area contributed by atoms with E-state index in [0.717, 1.165) is 12.1 Å². The van der Waals surface area contributed by atoms with Crippen LogP contribution in [0.4, 0.5) is 0 Å². The Bertz CT molecular complexity index is 2100. The topological polar surface area (TPSA) is 238 Å². The quantitative estimate of drug-likeness (QED) is 0.0546. The number of aromatic hydroxyl groups is 1. The molecule has 60 heavy (non-hydrogen) atoms. The van der Waals surface area contributed by atoms with Gasteiger partial charge in [-0.15, -0.1) is 0 Å². The van der Waals surface area contributed by atoms with E-state index in [4.69, 9.17) is 37.6 Å². The van der Waals surface area contributed by atoms with Crippen LogP contribution in [0, 0.1) is 0 Å². The number of benzene rings is 2. The van der Waals surface area contributed by atoms with Crippen LogP contribution in [0.5, 0.6) is 23.0 Å². The zero-order valence-electron chi connectivity index (χ0n) is 34.8. The fourth-order valence-electron chi connectivity index (χ4n) is 6.59. The van der Waals surface area contributed by atoms with E-state index in [0.29, 0.717) is 38.5 Å². The maximum absolute atomic E-state index is 14.5. The fraction of sp³-hybridized carbons (Fsp3) is 0.558. The van der Waals surface area contributed by atoms with Gasteiger partial charge in [0.05, 0.1) is 17.6 Å². The molecule has 1 aliphatic rings. The molecule has 0 saturated carbocycles. The summed E-state index contributed by atoms with van der Waals surface area (Å²) in [5, 5.41) is 22.2. The Morgan fingerprint density at radius 1 is 0.567 bits per heavy atom. The van der Waals surface area contributed by atoms with Crippen molar-refractivity contribution < 1.29 is 76.6 Å². The third kappa shape index (κ3) is 11.4. The van der Waals surface area contributed by atoms with Crippen LogP contribution in [-0.2, 0) is 47.7 Å². The van der Waals surface area contributed by atoms with Gasteiger partial charge in [0.25, 0.3) is 0 Å². The first-order valence-corrected chi connectivity index (χ1v) is 20.5. The fourth-order valence-corrected chi connectivity index (χ4v) is 6.59. The van der Waals surface area contributed by atoms with Gasteiger partial charge in [-0.1, -0.05) is 41.5 Å². The highest BCUT2D eigenvalue weighted by Gasteiger charge is 2.54. The van der Waals surface area contributed by atoms with E-state index < -0.39 is 101 Å². The minimum atomic E-state index is -1.75. The van der Waals surface area contributed by atoms with E-state index in [1.165, 1.54) is 6.07 Å². The highest BCUT2D eigenvalue weighted by Crippen LogP contribution is 2.48. The molecule has 2 aromatic carbocycles. The Hall–Kier alpha value is -5.55. The summed E-state index contributed by atoms with van der Waals surface area (Å²) < 4.78 is 46.6. The third-order valence-electron chi connectivity index (χ3n) is 9.30. The number of phenols is 1. The van der Waals surface area contributed by atoms with Crippen LogP contribution < -0.4 is 19.6 Å². The van der Waals surface area contributed by atoms with Crippen molar-refractivity contribution >= 4 is 57.8 Å². The summed E-state index contributed by atoms with van der Waals surface area (Å²) in [5.74, 6) is -6.19. The van der Waals surface area contributed by atoms with Gasteiger partial charge in [0.2, 0.25) is 5.43 Å². The number of phenolic OH excluding ortho intramolecular Hbond substituents is 1. The normalized spacial score (nSPS) is 18.8. The maximum Gasteiger partial charge on any atom is 0.311 e. The van der Waals surface area contributed by atoms with Crippen molar-refractivity contribution in [3.63, 3.8) is 0 Å². The average Bonchev–Trinajstić information content (AvgIpc) is 3.17. The monoisotopic (exact) mass is 842 g/mol. The van der Waals surface area contributed by atoms with Gasteiger partial charge in [0, 0.05) is 50.7 Å². The van der Waals surface area contributed by atoms with Crippen LogP contribution in [0.15, 0.2) is 27.4 Å². The summed E-state index contributed by atoms with van der Waals surface area (Å²) in [4.78, 5) is 92.2. The standard InChI is InChI=1S/C43H54O17/c1-7-13-30(45)54-25-19-23-24(20-26(25)55-31(46)14-8-2)53-27-21-28(56-32(47)15-9-3)37(39(52)36(27)38(23)51)41-43(60-35(50)18-12-6)42(59-34(49)17-11-5)40(29(22-44)57-41)58-33(48)16-10-4/h19-21,29,40-44,52H,7-18,22H2,1-6H3/t29-,40-,41+,42+,43+/m1/s1. The van der Waals surface area contributed by atoms with Crippen molar-refractivity contribution in [3.8, 4) is 23.0 Å². The van der Waals surface area contributed by atoms with Gasteiger partial charge in [-0.25, -0.2) is 0 Å². The van der Waals surface area contributed by atoms with Crippen LogP contribution in [0.1, 0.15) is 130 Å². The summed E-state index contributed by atoms with van der Waals surface area (Å²) >= 11 is 0. The third-order valence-corrected chi connectivity index (χ3v) is 9.30. The molecular formula is C43H54O17. The SMILES string of the molecule is CCCC(=O)Oc1cc2oc3cc(OC(=O)CCC)c([C@@H]4O[C@H](CO)[C@@H](OC(=O)CCC)[C@H](OC(=O)CCC)[C@H]4OC(=O)CCC)c(O)c3c(=O)c2cc1OC(=O)CCC. The molecule has 2 heterocycles. The summed E-state index contributed by atoms with van der Waals surface area (Å²) in [6, 6.07) is 3.44. The van der Waals surface area contributed by atoms with Crippen molar-refractivity contribution in [3.05, 3.63) is 34.0 Å². The number of carbonyl (C=O) groups is 6. The van der Waals surface area contributed by atoms with Gasteiger partial charge in [-0.2, -0.15) is 0 Å². The second kappa shape index (κ2) is 22.2. The van der Waals surface area contributed by atoms with Gasteiger partial charge in [-0.3, -0.25) is 33.6 Å². The van der Waals surface area contributed by atoms with Gasteiger partial charge in [0.15, 0.2) is 29.8 Å². The zero-order valence-corrected chi connectivity index (χ0v) is 34.8. The first kappa shape index (κ1) is 47.1. The number of aliphatic hydroxyl groups is 1. The Morgan fingerprint density at radius 3 is 1.47 bits per heavy atom. The second-order valence-corrected chi connectivity index (χ2v) is 14.3. The van der Waals surface area contributed by atoms with Gasteiger partial charge in [0.1, 0.15) is 40.3 Å². The van der Waals surface area contributed by atoms with Crippen LogP contribution >= 0.6 is 0 Å². The Labute approximate surface area is 346 Å². The summed E-state index contributed by atoms with van der Waals surface area (Å²) in [7, 11) is 0. The van der Waals surface area contributed by atoms with Crippen molar-refractivity contribution in [1.82, 2.24) is 0 Å². The number of fused-ring (bicyclic) bond motifs is 2. The molecular weight excluding hydrogens is 788 g/mol. The first-order chi connectivity index (χ1) is 28.7. The van der Waals surface area contributed by atoms with Crippen molar-refractivity contribution in [1.29, 1.82) is 0 Å². The second-order valence-electron chi connectivity index (χ2n) is 14.3. The van der Waals surface area contributed by atoms with E-state index >= 15 is 0 Å². The zero-order chi connectivity index (χ0) is 44.1. The molecule has 2 N–H and O–H groups in total. The lowest BCUT2D eigenvalue weighted by molar-refractivity contribution is -0.255. The number of ether oxygens (including phenoxy) is 7. The molecule has 0 spiro atoms. The molecule has 5 atom stereocenters. The van der Waals surface area contributed by atoms with E-state index in [1.807, 2.05) is 0 Å². The predicted molar refractivity (Wildman–Crippen MR) is 212 cm³/mol. The molecule has 17 heteroatoms. The molecule has 328 valence electrons. The van der Waals surface area contributed by atoms with E-state index in [-0.39, 0.29) is 66.6 Å². The minimum Gasteiger partial charge on any atom is -0.506 e. The molecule has 0 unspecified atom stereocenters. The highest BCUT2D eigenvalue weighted by molar-refractivity contribution is 5.97. The Morgan fingerprint density at radius 2 is 0.983 bits per heavy atom. The first-order valence-electron chi connectivity index (χ1n) is 20.5. The highest BCUT2D eigenvalue weighted by atomic mass is 16.7. The number of hydrogen-bond acceptors (Lipinski definition) is 17. The summed E-state index contributed by atoms with van der Waals surface area (Å²) in [6.07, 6.45) is -6.16. The number of hydrogen-bond donors (Lipinski definition) is 2. The molecule has 0 aliphatic carbocycles. The number of rotatable bonds is 20. The van der Waals surface area contributed by atoms with Gasteiger partial charge in [-0.05, 0) is 44.6 Å². The van der Waals surface area contributed by atoms with Crippen molar-refractivity contribution in [2.75, 3.05) is 6.61 Å².